The Morgan fingerprint density at radius 2 is 1.89 bits per heavy atom. The molecular formula is C21H27N3O3. The van der Waals surface area contributed by atoms with E-state index in [-0.39, 0.29) is 23.1 Å². The summed E-state index contributed by atoms with van der Waals surface area (Å²) in [4.78, 5) is 33.3. The average Bonchev–Trinajstić information content (AvgIpc) is 3.22. The molecule has 6 nitrogen and oxygen atoms in total. The molecule has 0 bridgehead atoms. The van der Waals surface area contributed by atoms with E-state index in [0.717, 1.165) is 38.8 Å². The number of pyridine rings is 1. The molecule has 1 unspecified atom stereocenters. The molecule has 1 aromatic heterocycles. The van der Waals surface area contributed by atoms with Crippen molar-refractivity contribution in [2.24, 2.45) is 11.3 Å². The van der Waals surface area contributed by atoms with E-state index in [9.17, 15) is 14.7 Å². The van der Waals surface area contributed by atoms with Crippen molar-refractivity contribution in [3.63, 3.8) is 0 Å². The number of nitrogens with zero attached hydrogens (tertiary/aromatic N) is 3. The summed E-state index contributed by atoms with van der Waals surface area (Å²) in [5.74, 6) is 0.297. The Labute approximate surface area is 159 Å². The zero-order valence-electron chi connectivity index (χ0n) is 15.6. The number of piperidine rings is 2. The molecule has 6 heteroatoms. The van der Waals surface area contributed by atoms with E-state index >= 15 is 0 Å². The van der Waals surface area contributed by atoms with Gasteiger partial charge in [0.1, 0.15) is 0 Å². The van der Waals surface area contributed by atoms with Crippen LogP contribution in [0.3, 0.4) is 0 Å². The topological polar surface area (TPSA) is 73.7 Å². The third kappa shape index (κ3) is 3.76. The number of hydrogen-bond acceptors (Lipinski definition) is 4. The molecule has 0 aromatic carbocycles. The van der Waals surface area contributed by atoms with Gasteiger partial charge in [-0.2, -0.15) is 0 Å². The molecule has 0 radical (unpaired) electrons. The largest absolute Gasteiger partial charge is 0.391 e. The number of hydrogen-bond donors (Lipinski definition) is 1. The Bertz CT molecular complexity index is 717. The fourth-order valence-electron chi connectivity index (χ4n) is 4.82. The van der Waals surface area contributed by atoms with E-state index in [2.05, 4.69) is 17.1 Å². The van der Waals surface area contributed by atoms with Gasteiger partial charge in [0.15, 0.2) is 0 Å². The highest BCUT2D eigenvalue weighted by atomic mass is 16.3. The lowest BCUT2D eigenvalue weighted by atomic mass is 9.71. The van der Waals surface area contributed by atoms with Crippen LogP contribution in [-0.2, 0) is 4.79 Å². The van der Waals surface area contributed by atoms with Crippen molar-refractivity contribution in [3.05, 3.63) is 42.2 Å². The van der Waals surface area contributed by atoms with Crippen LogP contribution in [0.25, 0.3) is 0 Å². The lowest BCUT2D eigenvalue weighted by molar-refractivity contribution is -0.138. The average molecular weight is 369 g/mol. The third-order valence-electron chi connectivity index (χ3n) is 6.31. The molecule has 3 heterocycles. The van der Waals surface area contributed by atoms with E-state index in [1.54, 1.807) is 29.4 Å². The van der Waals surface area contributed by atoms with E-state index < -0.39 is 6.10 Å². The van der Waals surface area contributed by atoms with Crippen LogP contribution in [0, 0.1) is 11.3 Å². The van der Waals surface area contributed by atoms with Crippen LogP contribution in [0.2, 0.25) is 0 Å². The second-order valence-corrected chi connectivity index (χ2v) is 8.25. The first-order valence-electron chi connectivity index (χ1n) is 9.87. The minimum atomic E-state index is -0.513. The van der Waals surface area contributed by atoms with Crippen molar-refractivity contribution in [3.8, 4) is 0 Å². The van der Waals surface area contributed by atoms with E-state index in [4.69, 9.17) is 0 Å². The number of likely N-dealkylation sites (tertiary alicyclic amines) is 2. The molecule has 1 atom stereocenters. The fourth-order valence-corrected chi connectivity index (χ4v) is 4.82. The molecule has 2 saturated heterocycles. The molecule has 144 valence electrons. The Morgan fingerprint density at radius 3 is 2.56 bits per heavy atom. The molecule has 27 heavy (non-hydrogen) atoms. The predicted molar refractivity (Wildman–Crippen MR) is 101 cm³/mol. The van der Waals surface area contributed by atoms with Gasteiger partial charge in [-0.1, -0.05) is 12.2 Å². The first-order valence-corrected chi connectivity index (χ1v) is 9.87. The van der Waals surface area contributed by atoms with Gasteiger partial charge in [0.25, 0.3) is 5.91 Å². The van der Waals surface area contributed by atoms with Crippen molar-refractivity contribution < 1.29 is 14.7 Å². The van der Waals surface area contributed by atoms with Crippen LogP contribution in [0.4, 0.5) is 0 Å². The SMILES string of the molecule is O=C(c1cccnc1)N1CC(O)CC2(CCN(C(=O)C3CC=CC3)CC2)C1. The fraction of sp³-hybridized carbons (Fsp3) is 0.571. The summed E-state index contributed by atoms with van der Waals surface area (Å²) in [7, 11) is 0. The zero-order chi connectivity index (χ0) is 18.9. The van der Waals surface area contributed by atoms with Crippen LogP contribution in [0.1, 0.15) is 42.5 Å². The molecule has 3 aliphatic rings. The number of amides is 2. The number of rotatable bonds is 2. The van der Waals surface area contributed by atoms with Crippen molar-refractivity contribution in [1.29, 1.82) is 0 Å². The van der Waals surface area contributed by atoms with Crippen LogP contribution in [-0.4, -0.2) is 64.0 Å². The van der Waals surface area contributed by atoms with E-state index in [1.165, 1.54) is 0 Å². The van der Waals surface area contributed by atoms with Crippen LogP contribution in [0.5, 0.6) is 0 Å². The van der Waals surface area contributed by atoms with Gasteiger partial charge in [0, 0.05) is 44.5 Å². The van der Waals surface area contributed by atoms with Gasteiger partial charge in [-0.25, -0.2) is 0 Å². The number of aliphatic hydroxyl groups excluding tert-OH is 1. The predicted octanol–water partition coefficient (Wildman–Crippen LogP) is 1.86. The maximum atomic E-state index is 12.8. The van der Waals surface area contributed by atoms with Gasteiger partial charge in [-0.05, 0) is 49.7 Å². The molecule has 2 fully saturated rings. The molecule has 2 amide bonds. The first kappa shape index (κ1) is 18.2. The maximum absolute atomic E-state index is 12.8. The smallest absolute Gasteiger partial charge is 0.255 e. The van der Waals surface area contributed by atoms with Crippen molar-refractivity contribution in [1.82, 2.24) is 14.8 Å². The van der Waals surface area contributed by atoms with Crippen molar-refractivity contribution in [2.45, 2.75) is 38.2 Å². The monoisotopic (exact) mass is 369 g/mol. The summed E-state index contributed by atoms with van der Waals surface area (Å²) in [6.07, 6.45) is 11.0. The summed E-state index contributed by atoms with van der Waals surface area (Å²) >= 11 is 0. The van der Waals surface area contributed by atoms with Gasteiger partial charge < -0.3 is 14.9 Å². The molecule has 0 saturated carbocycles. The number of carbonyl (C=O) groups excluding carboxylic acids is 2. The molecular weight excluding hydrogens is 342 g/mol. The van der Waals surface area contributed by atoms with E-state index in [1.807, 2.05) is 4.90 Å². The number of aromatic nitrogens is 1. The first-order chi connectivity index (χ1) is 13.1. The van der Waals surface area contributed by atoms with Crippen LogP contribution in [0.15, 0.2) is 36.7 Å². The van der Waals surface area contributed by atoms with Gasteiger partial charge in [-0.15, -0.1) is 0 Å². The summed E-state index contributed by atoms with van der Waals surface area (Å²) in [5.41, 5.74) is 0.461. The molecule has 1 spiro atoms. The molecule has 1 aromatic rings. The second-order valence-electron chi connectivity index (χ2n) is 8.25. The summed E-state index contributed by atoms with van der Waals surface area (Å²) in [6.45, 7) is 2.45. The number of allylic oxidation sites excluding steroid dienone is 2. The quantitative estimate of drug-likeness (QED) is 0.808. The van der Waals surface area contributed by atoms with Gasteiger partial charge in [0.05, 0.1) is 11.7 Å². The Hall–Kier alpha value is -2.21. The van der Waals surface area contributed by atoms with Crippen molar-refractivity contribution >= 4 is 11.8 Å². The lowest BCUT2D eigenvalue weighted by Gasteiger charge is -2.49. The number of carbonyl (C=O) groups is 2. The van der Waals surface area contributed by atoms with Gasteiger partial charge in [-0.3, -0.25) is 14.6 Å². The maximum Gasteiger partial charge on any atom is 0.255 e. The molecule has 4 rings (SSSR count). The molecule has 2 aliphatic heterocycles. The van der Waals surface area contributed by atoms with E-state index in [0.29, 0.717) is 25.1 Å². The highest BCUT2D eigenvalue weighted by Gasteiger charge is 2.44. The highest BCUT2D eigenvalue weighted by molar-refractivity contribution is 5.94. The number of β-amino-alcohol motifs (C(OH)–C–C–N with tert-alkyl or cyclic N) is 1. The van der Waals surface area contributed by atoms with Gasteiger partial charge in [0.2, 0.25) is 5.91 Å². The minimum absolute atomic E-state index is 0.0724. The Kier molecular flexibility index (Phi) is 5.00. The zero-order valence-corrected chi connectivity index (χ0v) is 15.6. The normalized spacial score (nSPS) is 25.1. The lowest BCUT2D eigenvalue weighted by Crippen LogP contribution is -2.56. The minimum Gasteiger partial charge on any atom is -0.391 e. The van der Waals surface area contributed by atoms with Crippen LogP contribution >= 0.6 is 0 Å². The standard InChI is InChI=1S/C21H27N3O3/c25-18-12-21(15-24(14-18)20(27)17-6-3-9-22-13-17)7-10-23(11-8-21)19(26)16-4-1-2-5-16/h1-3,6,9,13,16,18,25H,4-5,7-8,10-12,14-15H2. The molecule has 1 N–H and O–H groups in total. The Morgan fingerprint density at radius 1 is 1.15 bits per heavy atom. The summed E-state index contributed by atoms with van der Waals surface area (Å²) in [6, 6.07) is 3.52. The van der Waals surface area contributed by atoms with Gasteiger partial charge >= 0.3 is 0 Å². The van der Waals surface area contributed by atoms with Crippen molar-refractivity contribution in [2.75, 3.05) is 26.2 Å². The second kappa shape index (κ2) is 7.43. The summed E-state index contributed by atoms with van der Waals surface area (Å²) < 4.78 is 0. The summed E-state index contributed by atoms with van der Waals surface area (Å²) in [5, 5.41) is 10.4. The third-order valence-corrected chi connectivity index (χ3v) is 6.31. The number of aliphatic hydroxyl groups is 1. The van der Waals surface area contributed by atoms with Crippen LogP contribution < -0.4 is 0 Å². The highest BCUT2D eigenvalue weighted by Crippen LogP contribution is 2.41. The molecule has 1 aliphatic carbocycles. The Balaban J connectivity index is 1.41.